The Kier molecular flexibility index (Phi) is 6.90. The first-order valence-corrected chi connectivity index (χ1v) is 18.2. The summed E-state index contributed by atoms with van der Waals surface area (Å²) in [5, 5.41) is 9.45. The first-order valence-electron chi connectivity index (χ1n) is 18.2. The van der Waals surface area contributed by atoms with Crippen molar-refractivity contribution in [2.24, 2.45) is 5.41 Å². The number of anilines is 2. The molecule has 2 unspecified atom stereocenters. The number of allylic oxidation sites excluding steroid dienone is 5. The van der Waals surface area contributed by atoms with E-state index in [1.165, 1.54) is 76.7 Å². The molecule has 0 radical (unpaired) electrons. The third kappa shape index (κ3) is 4.85. The Morgan fingerprint density at radius 2 is 1.57 bits per heavy atom. The highest BCUT2D eigenvalue weighted by molar-refractivity contribution is 6.40. The van der Waals surface area contributed by atoms with Crippen LogP contribution in [-0.4, -0.2) is 28.7 Å². The number of carboxylic acid groups (broad SMARTS) is 1. The Morgan fingerprint density at radius 1 is 0.784 bits per heavy atom. The number of nitrogens with zero attached hydrogens (tertiary/aromatic N) is 1. The molecule has 51 heavy (non-hydrogen) atoms. The lowest BCUT2D eigenvalue weighted by atomic mass is 9.73. The third-order valence-electron chi connectivity index (χ3n) is 12.1. The molecular weight excluding hydrogens is 631 g/mol. The van der Waals surface area contributed by atoms with E-state index in [1.54, 1.807) is 0 Å². The second-order valence-electron chi connectivity index (χ2n) is 16.4. The molecule has 4 aromatic carbocycles. The number of carbonyl (C=O) groups excluding carboxylic acids is 2. The normalized spacial score (nSPS) is 23.6. The maximum atomic E-state index is 13.5. The predicted molar refractivity (Wildman–Crippen MR) is 202 cm³/mol. The molecule has 5 nitrogen and oxygen atoms in total. The van der Waals surface area contributed by atoms with E-state index < -0.39 is 5.97 Å². The number of rotatable bonds is 4. The summed E-state index contributed by atoms with van der Waals surface area (Å²) in [6.45, 7) is 8.99. The fourth-order valence-corrected chi connectivity index (χ4v) is 9.83. The summed E-state index contributed by atoms with van der Waals surface area (Å²) in [6.07, 6.45) is 11.3. The van der Waals surface area contributed by atoms with Crippen molar-refractivity contribution in [2.75, 3.05) is 4.90 Å². The van der Waals surface area contributed by atoms with E-state index in [1.807, 2.05) is 6.08 Å². The predicted octanol–water partition coefficient (Wildman–Crippen LogP) is 10.6. The molecule has 0 saturated heterocycles. The van der Waals surface area contributed by atoms with Crippen molar-refractivity contribution in [3.8, 4) is 11.1 Å². The van der Waals surface area contributed by atoms with Crippen molar-refractivity contribution in [1.29, 1.82) is 0 Å². The molecule has 0 spiro atoms. The van der Waals surface area contributed by atoms with Crippen LogP contribution in [0.3, 0.4) is 0 Å². The minimum Gasteiger partial charge on any atom is -0.478 e. The van der Waals surface area contributed by atoms with Crippen LogP contribution >= 0.6 is 0 Å². The molecule has 0 aromatic heterocycles. The van der Waals surface area contributed by atoms with Crippen LogP contribution in [0.1, 0.15) is 119 Å². The molecule has 254 valence electrons. The van der Waals surface area contributed by atoms with E-state index >= 15 is 0 Å². The Hall–Kier alpha value is -5.29. The molecule has 5 heteroatoms. The van der Waals surface area contributed by atoms with Gasteiger partial charge in [-0.15, -0.1) is 0 Å². The van der Waals surface area contributed by atoms with Crippen LogP contribution in [0.2, 0.25) is 0 Å². The molecule has 1 N–H and O–H groups in total. The first-order chi connectivity index (χ1) is 24.4. The number of benzene rings is 4. The van der Waals surface area contributed by atoms with Crippen LogP contribution in [0.4, 0.5) is 11.4 Å². The van der Waals surface area contributed by atoms with E-state index in [2.05, 4.69) is 105 Å². The average Bonchev–Trinajstić information content (AvgIpc) is 3.82. The quantitative estimate of drug-likeness (QED) is 0.173. The smallest absolute Gasteiger partial charge is 0.335 e. The molecule has 9 rings (SSSR count). The van der Waals surface area contributed by atoms with Gasteiger partial charge in [0.1, 0.15) is 0 Å². The average molecular weight is 672 g/mol. The third-order valence-corrected chi connectivity index (χ3v) is 12.1. The minimum atomic E-state index is -1.12. The van der Waals surface area contributed by atoms with Crippen molar-refractivity contribution in [3.05, 3.63) is 147 Å². The van der Waals surface area contributed by atoms with Gasteiger partial charge >= 0.3 is 5.97 Å². The zero-order chi connectivity index (χ0) is 35.4. The number of carbonyl (C=O) groups is 3. The van der Waals surface area contributed by atoms with Gasteiger partial charge in [-0.2, -0.15) is 0 Å². The molecule has 1 aliphatic heterocycles. The molecule has 4 aliphatic carbocycles. The van der Waals surface area contributed by atoms with Gasteiger partial charge in [0.2, 0.25) is 0 Å². The zero-order valence-electron chi connectivity index (χ0n) is 29.5. The van der Waals surface area contributed by atoms with Crippen molar-refractivity contribution in [2.45, 2.75) is 77.2 Å². The summed E-state index contributed by atoms with van der Waals surface area (Å²) in [6, 6.07) is 27.5. The number of Topliss-reactive ketones (excluding diaryl/α,β-unsaturated/α-hetero) is 2. The summed E-state index contributed by atoms with van der Waals surface area (Å²) < 4.78 is 0. The van der Waals surface area contributed by atoms with Gasteiger partial charge in [-0.3, -0.25) is 9.59 Å². The Labute approximate surface area is 299 Å². The SMILES string of the molecule is CC1(C)CC(/C=C/c2ccc3c(c2)C2CCCC2N3c2ccc3c(c2)-c2ccccc2C3(C)C)=CC(=C2\C(=O)c3ccc(C(=O)O)cc3C2=O)/C1. The first kappa shape index (κ1) is 31.7. The molecule has 2 atom stereocenters. The lowest BCUT2D eigenvalue weighted by Gasteiger charge is -2.31. The minimum absolute atomic E-state index is 0.00720. The second kappa shape index (κ2) is 11.1. The Bertz CT molecular complexity index is 2330. The maximum absolute atomic E-state index is 13.5. The number of hydrogen-bond donors (Lipinski definition) is 1. The van der Waals surface area contributed by atoms with Gasteiger partial charge < -0.3 is 10.0 Å². The maximum Gasteiger partial charge on any atom is 0.335 e. The van der Waals surface area contributed by atoms with Gasteiger partial charge in [0.15, 0.2) is 11.6 Å². The van der Waals surface area contributed by atoms with Crippen LogP contribution in [0.5, 0.6) is 0 Å². The Morgan fingerprint density at radius 3 is 2.39 bits per heavy atom. The lowest BCUT2D eigenvalue weighted by molar-refractivity contribution is 0.0696. The van der Waals surface area contributed by atoms with Crippen LogP contribution < -0.4 is 4.90 Å². The van der Waals surface area contributed by atoms with Gasteiger partial charge in [-0.1, -0.05) is 88.7 Å². The van der Waals surface area contributed by atoms with E-state index in [0.29, 0.717) is 18.4 Å². The zero-order valence-corrected chi connectivity index (χ0v) is 29.5. The van der Waals surface area contributed by atoms with Crippen molar-refractivity contribution >= 4 is 35.0 Å². The molecule has 0 amide bonds. The monoisotopic (exact) mass is 671 g/mol. The van der Waals surface area contributed by atoms with E-state index in [0.717, 1.165) is 23.1 Å². The Balaban J connectivity index is 1.04. The number of ketones is 2. The van der Waals surface area contributed by atoms with Gasteiger partial charge in [0.05, 0.1) is 11.1 Å². The fraction of sp³-hybridized carbons (Fsp3) is 0.283. The molecule has 5 aliphatic rings. The van der Waals surface area contributed by atoms with Crippen LogP contribution in [0.15, 0.2) is 108 Å². The molecule has 1 saturated carbocycles. The molecule has 0 bridgehead atoms. The van der Waals surface area contributed by atoms with Crippen LogP contribution in [0, 0.1) is 5.41 Å². The highest BCUT2D eigenvalue weighted by atomic mass is 16.4. The standard InChI is InChI=1S/C46H41NO4/c1-45(2)24-27(20-29(25-45)41-42(48)33-17-15-28(44(50)51)22-36(33)43(41)49)13-12-26-14-19-40-35(21-26)32-9-7-11-39(32)47(40)30-16-18-38-34(23-30)31-8-5-6-10-37(31)46(38,3)4/h5-6,8,10,12-23,32,39H,7,9,11,24-25H2,1-4H3,(H,50,51)/b13-12+,41-29-. The van der Waals surface area contributed by atoms with Gasteiger partial charge in [-0.05, 0) is 118 Å². The summed E-state index contributed by atoms with van der Waals surface area (Å²) in [5.74, 6) is -1.32. The largest absolute Gasteiger partial charge is 0.478 e. The summed E-state index contributed by atoms with van der Waals surface area (Å²) in [4.78, 5) is 41.2. The molecular formula is C46H41NO4. The number of fused-ring (bicyclic) bond motifs is 7. The fourth-order valence-electron chi connectivity index (χ4n) is 9.83. The van der Waals surface area contributed by atoms with Crippen molar-refractivity contribution < 1.29 is 19.5 Å². The molecule has 1 fully saturated rings. The topological polar surface area (TPSA) is 74.7 Å². The molecule has 4 aromatic rings. The summed E-state index contributed by atoms with van der Waals surface area (Å²) in [7, 11) is 0. The van der Waals surface area contributed by atoms with Crippen LogP contribution in [-0.2, 0) is 5.41 Å². The second-order valence-corrected chi connectivity index (χ2v) is 16.4. The number of carboxylic acids is 1. The highest BCUT2D eigenvalue weighted by Gasteiger charge is 2.43. The van der Waals surface area contributed by atoms with Gasteiger partial charge in [-0.25, -0.2) is 4.79 Å². The lowest BCUT2D eigenvalue weighted by Crippen LogP contribution is -2.26. The van der Waals surface area contributed by atoms with Gasteiger partial charge in [0.25, 0.3) is 0 Å². The number of aromatic carboxylic acids is 1. The van der Waals surface area contributed by atoms with E-state index in [9.17, 15) is 19.5 Å². The summed E-state index contributed by atoms with van der Waals surface area (Å²) >= 11 is 0. The highest BCUT2D eigenvalue weighted by Crippen LogP contribution is 2.55. The summed E-state index contributed by atoms with van der Waals surface area (Å²) in [5.41, 5.74) is 12.9. The van der Waals surface area contributed by atoms with Crippen molar-refractivity contribution in [1.82, 2.24) is 0 Å². The van der Waals surface area contributed by atoms with Gasteiger partial charge in [0, 0.05) is 39.9 Å². The number of hydrogen-bond acceptors (Lipinski definition) is 4. The van der Waals surface area contributed by atoms with E-state index in [-0.39, 0.29) is 44.7 Å². The van der Waals surface area contributed by atoms with E-state index in [4.69, 9.17) is 0 Å². The molecule has 1 heterocycles. The van der Waals surface area contributed by atoms with Crippen LogP contribution in [0.25, 0.3) is 17.2 Å². The van der Waals surface area contributed by atoms with Crippen molar-refractivity contribution in [3.63, 3.8) is 0 Å².